The van der Waals surface area contributed by atoms with Crippen molar-refractivity contribution >= 4 is 45.8 Å². The van der Waals surface area contributed by atoms with Gasteiger partial charge in [-0.1, -0.05) is 59.6 Å². The highest BCUT2D eigenvalue weighted by Gasteiger charge is 2.21. The van der Waals surface area contributed by atoms with Gasteiger partial charge in [-0.3, -0.25) is 4.79 Å². The number of nitrogens with one attached hydrogen (secondary N) is 1. The molecule has 0 saturated heterocycles. The molecule has 0 aliphatic heterocycles. The second-order valence-corrected chi connectivity index (χ2v) is 7.59. The number of rotatable bonds is 9. The van der Waals surface area contributed by atoms with Crippen LogP contribution in [0.25, 0.3) is 0 Å². The van der Waals surface area contributed by atoms with Crippen LogP contribution in [0.5, 0.6) is 5.75 Å². The molecule has 0 bridgehead atoms. The summed E-state index contributed by atoms with van der Waals surface area (Å²) in [6.45, 7) is 0.596. The van der Waals surface area contributed by atoms with Crippen molar-refractivity contribution in [3.05, 3.63) is 100 Å². The third-order valence-electron chi connectivity index (χ3n) is 3.69. The normalized spacial score (nSPS) is 10.7. The monoisotopic (exact) mass is 446 g/mol. The average molecular weight is 447 g/mol. The third kappa shape index (κ3) is 6.98. The molecule has 3 aromatic rings. The SMILES string of the molecule is O=C(S[C](Nc1ccccc1)OCCOc1ccccc1)c1ccc(Cl)cc1Cl. The molecule has 7 heteroatoms. The number of ether oxygens (including phenoxy) is 2. The number of halogens is 2. The van der Waals surface area contributed by atoms with Gasteiger partial charge in [-0.05, 0) is 54.2 Å². The van der Waals surface area contributed by atoms with Crippen LogP contribution in [0.1, 0.15) is 10.4 Å². The number of benzene rings is 3. The Balaban J connectivity index is 1.61. The fraction of sp³-hybridized carbons (Fsp3) is 0.0909. The molecule has 1 radical (unpaired) electrons. The number of anilines is 1. The molecule has 0 atom stereocenters. The van der Waals surface area contributed by atoms with Crippen molar-refractivity contribution in [2.75, 3.05) is 18.5 Å². The summed E-state index contributed by atoms with van der Waals surface area (Å²) in [7, 11) is 0. The van der Waals surface area contributed by atoms with Gasteiger partial charge in [-0.15, -0.1) is 0 Å². The maximum atomic E-state index is 12.7. The first-order valence-corrected chi connectivity index (χ1v) is 10.4. The molecule has 1 N–H and O–H groups in total. The van der Waals surface area contributed by atoms with Crippen LogP contribution in [-0.4, -0.2) is 18.3 Å². The lowest BCUT2D eigenvalue weighted by Crippen LogP contribution is -2.17. The molecule has 0 aliphatic rings. The maximum Gasteiger partial charge on any atom is 0.255 e. The summed E-state index contributed by atoms with van der Waals surface area (Å²) in [5, 5.41) is 3.63. The summed E-state index contributed by atoms with van der Waals surface area (Å²) in [6, 6.07) is 23.7. The number of para-hydroxylation sites is 2. The molecule has 0 heterocycles. The molecular formula is C22H18Cl2NO3S. The molecule has 0 spiro atoms. The van der Waals surface area contributed by atoms with Gasteiger partial charge in [-0.2, -0.15) is 0 Å². The van der Waals surface area contributed by atoms with E-state index in [-0.39, 0.29) is 11.7 Å². The Morgan fingerprint density at radius 1 is 0.897 bits per heavy atom. The lowest BCUT2D eigenvalue weighted by Gasteiger charge is -2.18. The van der Waals surface area contributed by atoms with Gasteiger partial charge in [0.25, 0.3) is 5.56 Å². The van der Waals surface area contributed by atoms with Crippen LogP contribution in [0.2, 0.25) is 10.0 Å². The van der Waals surface area contributed by atoms with Crippen molar-refractivity contribution in [3.63, 3.8) is 0 Å². The second kappa shape index (κ2) is 11.1. The first-order chi connectivity index (χ1) is 14.1. The Kier molecular flexibility index (Phi) is 8.25. The molecule has 0 amide bonds. The molecule has 0 saturated carbocycles. The van der Waals surface area contributed by atoms with Crippen molar-refractivity contribution < 1.29 is 14.3 Å². The quantitative estimate of drug-likeness (QED) is 0.379. The zero-order valence-electron chi connectivity index (χ0n) is 15.3. The van der Waals surface area contributed by atoms with Gasteiger partial charge >= 0.3 is 0 Å². The molecule has 0 fully saturated rings. The Hall–Kier alpha value is -2.18. The smallest absolute Gasteiger partial charge is 0.255 e. The van der Waals surface area contributed by atoms with E-state index in [0.29, 0.717) is 27.8 Å². The number of hydrogen-bond donors (Lipinski definition) is 1. The predicted octanol–water partition coefficient (Wildman–Crippen LogP) is 6.52. The molecule has 4 nitrogen and oxygen atoms in total. The Labute approximate surface area is 184 Å². The number of carbonyl (C=O) groups is 1. The molecule has 0 unspecified atom stereocenters. The minimum Gasteiger partial charge on any atom is -0.491 e. The molecule has 3 aromatic carbocycles. The summed E-state index contributed by atoms with van der Waals surface area (Å²) in [5.41, 5.74) is 1.50. The van der Waals surface area contributed by atoms with Crippen molar-refractivity contribution in [1.82, 2.24) is 0 Å². The number of thioether (sulfide) groups is 1. The minimum atomic E-state index is -0.255. The van der Waals surface area contributed by atoms with Crippen molar-refractivity contribution in [3.8, 4) is 5.75 Å². The molecule has 3 rings (SSSR count). The van der Waals surface area contributed by atoms with Gasteiger partial charge in [-0.25, -0.2) is 0 Å². The van der Waals surface area contributed by atoms with Gasteiger partial charge in [0.15, 0.2) is 0 Å². The van der Waals surface area contributed by atoms with E-state index in [1.807, 2.05) is 60.7 Å². The third-order valence-corrected chi connectivity index (χ3v) is 5.04. The average Bonchev–Trinajstić information content (AvgIpc) is 2.72. The fourth-order valence-corrected chi connectivity index (χ4v) is 3.65. The van der Waals surface area contributed by atoms with E-state index in [1.165, 1.54) is 6.07 Å². The van der Waals surface area contributed by atoms with E-state index < -0.39 is 0 Å². The first kappa shape index (κ1) is 21.5. The highest BCUT2D eigenvalue weighted by molar-refractivity contribution is 8.16. The van der Waals surface area contributed by atoms with Crippen LogP contribution >= 0.6 is 35.0 Å². The van der Waals surface area contributed by atoms with Gasteiger partial charge in [0, 0.05) is 16.3 Å². The van der Waals surface area contributed by atoms with E-state index in [9.17, 15) is 4.79 Å². The van der Waals surface area contributed by atoms with Crippen molar-refractivity contribution in [2.45, 2.75) is 0 Å². The largest absolute Gasteiger partial charge is 0.491 e. The van der Waals surface area contributed by atoms with E-state index in [2.05, 4.69) is 5.32 Å². The zero-order valence-corrected chi connectivity index (χ0v) is 17.6. The van der Waals surface area contributed by atoms with Crippen LogP contribution in [-0.2, 0) is 4.74 Å². The first-order valence-electron chi connectivity index (χ1n) is 8.79. The van der Waals surface area contributed by atoms with Crippen LogP contribution < -0.4 is 10.1 Å². The zero-order chi connectivity index (χ0) is 20.5. The minimum absolute atomic E-state index is 0.255. The van der Waals surface area contributed by atoms with E-state index >= 15 is 0 Å². The summed E-state index contributed by atoms with van der Waals surface area (Å²) in [4.78, 5) is 12.7. The van der Waals surface area contributed by atoms with Crippen molar-refractivity contribution in [2.24, 2.45) is 0 Å². The number of hydrogen-bond acceptors (Lipinski definition) is 5. The lowest BCUT2D eigenvalue weighted by atomic mass is 10.2. The molecule has 0 aliphatic carbocycles. The van der Waals surface area contributed by atoms with Gasteiger partial charge in [0.05, 0.1) is 11.6 Å². The summed E-state index contributed by atoms with van der Waals surface area (Å²) >= 11 is 13.0. The highest BCUT2D eigenvalue weighted by Crippen LogP contribution is 2.31. The summed E-state index contributed by atoms with van der Waals surface area (Å²) in [6.07, 6.45) is 0. The molecule has 29 heavy (non-hydrogen) atoms. The van der Waals surface area contributed by atoms with Gasteiger partial charge in [0.2, 0.25) is 5.12 Å². The number of carbonyl (C=O) groups excluding carboxylic acids is 1. The molecular weight excluding hydrogens is 429 g/mol. The van der Waals surface area contributed by atoms with Gasteiger partial charge < -0.3 is 14.8 Å². The highest BCUT2D eigenvalue weighted by atomic mass is 35.5. The predicted molar refractivity (Wildman–Crippen MR) is 120 cm³/mol. The van der Waals surface area contributed by atoms with Crippen molar-refractivity contribution in [1.29, 1.82) is 0 Å². The topological polar surface area (TPSA) is 47.6 Å². The van der Waals surface area contributed by atoms with Crippen LogP contribution in [0.3, 0.4) is 0 Å². The fourth-order valence-electron chi connectivity index (χ4n) is 2.34. The van der Waals surface area contributed by atoms with Gasteiger partial charge in [0.1, 0.15) is 12.4 Å². The Morgan fingerprint density at radius 3 is 2.28 bits per heavy atom. The van der Waals surface area contributed by atoms with E-state index in [1.54, 1.807) is 12.1 Å². The maximum absolute atomic E-state index is 12.7. The Morgan fingerprint density at radius 2 is 1.59 bits per heavy atom. The molecule has 149 valence electrons. The van der Waals surface area contributed by atoms with E-state index in [0.717, 1.165) is 23.2 Å². The summed E-state index contributed by atoms with van der Waals surface area (Å²) in [5.74, 6) is 0.755. The lowest BCUT2D eigenvalue weighted by molar-refractivity contribution is 0.108. The summed E-state index contributed by atoms with van der Waals surface area (Å²) < 4.78 is 11.4. The molecule has 0 aromatic heterocycles. The van der Waals surface area contributed by atoms with Crippen LogP contribution in [0.4, 0.5) is 5.69 Å². The second-order valence-electron chi connectivity index (χ2n) is 5.80. The van der Waals surface area contributed by atoms with E-state index in [4.69, 9.17) is 32.7 Å². The standard InChI is InChI=1S/C22H18Cl2NO3S/c23-16-11-12-19(20(24)15-16)21(26)29-22(25-17-7-3-1-4-8-17)28-14-13-27-18-9-5-2-6-10-18/h1-12,15,25H,13-14H2. The van der Waals surface area contributed by atoms with Crippen LogP contribution in [0.15, 0.2) is 78.9 Å². The van der Waals surface area contributed by atoms with Crippen LogP contribution in [0, 0.1) is 5.56 Å². The Bertz CT molecular complexity index is 926.